The Bertz CT molecular complexity index is 581. The number of guanidine groups is 1. The Hall–Kier alpha value is -1.23. The minimum atomic E-state index is -4.69. The first-order valence-corrected chi connectivity index (χ1v) is 8.97. The summed E-state index contributed by atoms with van der Waals surface area (Å²) in [6.45, 7) is 6.38. The van der Waals surface area contributed by atoms with Crippen LogP contribution in [0.3, 0.4) is 0 Å². The molecule has 0 spiro atoms. The number of rotatable bonds is 7. The lowest BCUT2D eigenvalue weighted by Crippen LogP contribution is -2.35. The zero-order valence-corrected chi connectivity index (χ0v) is 17.8. The number of nitrogens with two attached hydrogens (primary N) is 1. The number of benzene rings is 1. The van der Waals surface area contributed by atoms with E-state index in [9.17, 15) is 13.2 Å². The molecule has 2 rings (SSSR count). The van der Waals surface area contributed by atoms with Crippen LogP contribution < -0.4 is 15.8 Å². The van der Waals surface area contributed by atoms with Gasteiger partial charge in [0.05, 0.1) is 0 Å². The lowest BCUT2D eigenvalue weighted by molar-refractivity contribution is -0.274. The fourth-order valence-electron chi connectivity index (χ4n) is 3.06. The molecule has 0 saturated carbocycles. The Labute approximate surface area is 175 Å². The van der Waals surface area contributed by atoms with Gasteiger partial charge >= 0.3 is 6.36 Å². The molecule has 1 fully saturated rings. The fraction of sp³-hybridized carbons (Fsp3) is 0.611. The number of ether oxygens (including phenoxy) is 1. The van der Waals surface area contributed by atoms with E-state index >= 15 is 0 Å². The number of hydrogen-bond acceptors (Lipinski definition) is 3. The van der Waals surface area contributed by atoms with Crippen LogP contribution in [-0.4, -0.2) is 43.4 Å². The number of piperidine rings is 1. The van der Waals surface area contributed by atoms with E-state index in [1.54, 1.807) is 0 Å². The van der Waals surface area contributed by atoms with E-state index in [4.69, 9.17) is 5.73 Å². The lowest BCUT2D eigenvalue weighted by atomic mass is 10.0. The van der Waals surface area contributed by atoms with Gasteiger partial charge < -0.3 is 20.7 Å². The first kappa shape index (κ1) is 23.8. The van der Waals surface area contributed by atoms with Crippen LogP contribution in [0.5, 0.6) is 5.75 Å². The van der Waals surface area contributed by atoms with Gasteiger partial charge in [-0.15, -0.1) is 37.1 Å². The average molecular weight is 500 g/mol. The summed E-state index contributed by atoms with van der Waals surface area (Å²) >= 11 is 0. The van der Waals surface area contributed by atoms with Crippen molar-refractivity contribution in [3.8, 4) is 5.75 Å². The molecule has 5 nitrogen and oxygen atoms in total. The number of nitrogens with zero attached hydrogens (tertiary/aromatic N) is 2. The van der Waals surface area contributed by atoms with Crippen molar-refractivity contribution in [3.63, 3.8) is 0 Å². The van der Waals surface area contributed by atoms with Crippen molar-refractivity contribution < 1.29 is 17.9 Å². The Morgan fingerprint density at radius 3 is 2.63 bits per heavy atom. The van der Waals surface area contributed by atoms with E-state index < -0.39 is 6.36 Å². The van der Waals surface area contributed by atoms with E-state index in [2.05, 4.69) is 26.9 Å². The SMILES string of the molecule is CC1CCCN(CCCCN=C(N)Nc2ccc(OC(F)(F)F)cc2)C1.I. The number of alkyl halides is 3. The third-order valence-corrected chi connectivity index (χ3v) is 4.27. The summed E-state index contributed by atoms with van der Waals surface area (Å²) in [5, 5.41) is 2.86. The largest absolute Gasteiger partial charge is 0.573 e. The Morgan fingerprint density at radius 1 is 1.30 bits per heavy atom. The summed E-state index contributed by atoms with van der Waals surface area (Å²) in [5.74, 6) is 0.765. The number of unbranched alkanes of at least 4 members (excludes halogenated alkanes) is 1. The molecule has 0 aromatic heterocycles. The predicted molar refractivity (Wildman–Crippen MR) is 113 cm³/mol. The molecule has 1 aliphatic rings. The van der Waals surface area contributed by atoms with Crippen molar-refractivity contribution in [1.29, 1.82) is 0 Å². The maximum absolute atomic E-state index is 12.1. The summed E-state index contributed by atoms with van der Waals surface area (Å²) in [5.41, 5.74) is 6.36. The normalized spacial score (nSPS) is 18.7. The summed E-state index contributed by atoms with van der Waals surface area (Å²) in [4.78, 5) is 6.76. The summed E-state index contributed by atoms with van der Waals surface area (Å²) in [6.07, 6.45) is -0.0600. The second kappa shape index (κ2) is 11.6. The lowest BCUT2D eigenvalue weighted by Gasteiger charge is -2.30. The van der Waals surface area contributed by atoms with Gasteiger partial charge in [-0.05, 0) is 69.0 Å². The van der Waals surface area contributed by atoms with Crippen molar-refractivity contribution in [3.05, 3.63) is 24.3 Å². The molecule has 1 unspecified atom stereocenters. The van der Waals surface area contributed by atoms with Gasteiger partial charge in [0.25, 0.3) is 0 Å². The van der Waals surface area contributed by atoms with Crippen LogP contribution >= 0.6 is 24.0 Å². The molecule has 0 bridgehead atoms. The summed E-state index contributed by atoms with van der Waals surface area (Å²) in [7, 11) is 0. The Balaban J connectivity index is 0.00000364. The molecule has 1 aromatic carbocycles. The zero-order valence-electron chi connectivity index (χ0n) is 15.5. The highest BCUT2D eigenvalue weighted by Gasteiger charge is 2.30. The molecule has 27 heavy (non-hydrogen) atoms. The maximum atomic E-state index is 12.1. The van der Waals surface area contributed by atoms with Crippen LogP contribution in [0.4, 0.5) is 18.9 Å². The monoisotopic (exact) mass is 500 g/mol. The molecule has 3 N–H and O–H groups in total. The first-order valence-electron chi connectivity index (χ1n) is 8.97. The van der Waals surface area contributed by atoms with Crippen LogP contribution in [0.25, 0.3) is 0 Å². The molecule has 1 saturated heterocycles. The van der Waals surface area contributed by atoms with E-state index in [1.807, 2.05) is 0 Å². The van der Waals surface area contributed by atoms with Gasteiger partial charge in [0.2, 0.25) is 0 Å². The van der Waals surface area contributed by atoms with Crippen molar-refractivity contribution in [1.82, 2.24) is 4.90 Å². The quantitative estimate of drug-likeness (QED) is 0.252. The van der Waals surface area contributed by atoms with Gasteiger partial charge in [-0.25, -0.2) is 0 Å². The topological polar surface area (TPSA) is 62.9 Å². The number of aliphatic imine (C=N–C) groups is 1. The molecule has 1 aliphatic heterocycles. The van der Waals surface area contributed by atoms with Crippen LogP contribution in [0.2, 0.25) is 0 Å². The van der Waals surface area contributed by atoms with Crippen molar-refractivity contribution >= 4 is 35.6 Å². The second-order valence-corrected chi connectivity index (χ2v) is 6.72. The van der Waals surface area contributed by atoms with Gasteiger partial charge in [-0.3, -0.25) is 4.99 Å². The molecule has 1 atom stereocenters. The Kier molecular flexibility index (Phi) is 10.2. The third kappa shape index (κ3) is 10.0. The zero-order chi connectivity index (χ0) is 19.0. The van der Waals surface area contributed by atoms with E-state index in [0.717, 1.165) is 25.3 Å². The van der Waals surface area contributed by atoms with Crippen LogP contribution in [0, 0.1) is 5.92 Å². The number of nitrogens with one attached hydrogen (secondary N) is 1. The minimum Gasteiger partial charge on any atom is -0.406 e. The van der Waals surface area contributed by atoms with Crippen LogP contribution in [-0.2, 0) is 0 Å². The van der Waals surface area contributed by atoms with Crippen molar-refractivity contribution in [2.75, 3.05) is 31.5 Å². The van der Waals surface area contributed by atoms with Gasteiger partial charge in [-0.2, -0.15) is 0 Å². The molecule has 0 radical (unpaired) electrons. The Morgan fingerprint density at radius 2 is 2.00 bits per heavy atom. The first-order chi connectivity index (χ1) is 12.3. The molecule has 0 aliphatic carbocycles. The molecule has 154 valence electrons. The van der Waals surface area contributed by atoms with Gasteiger partial charge in [0.15, 0.2) is 5.96 Å². The fourth-order valence-corrected chi connectivity index (χ4v) is 3.06. The highest BCUT2D eigenvalue weighted by molar-refractivity contribution is 14.0. The number of hydrogen-bond donors (Lipinski definition) is 2. The third-order valence-electron chi connectivity index (χ3n) is 4.27. The molecular formula is C18H28F3IN4O. The van der Waals surface area contributed by atoms with E-state index in [0.29, 0.717) is 12.2 Å². The van der Waals surface area contributed by atoms with Crippen LogP contribution in [0.15, 0.2) is 29.3 Å². The summed E-state index contributed by atoms with van der Waals surface area (Å²) < 4.78 is 40.2. The molecule has 9 heteroatoms. The predicted octanol–water partition coefficient (Wildman–Crippen LogP) is 4.44. The van der Waals surface area contributed by atoms with Crippen molar-refractivity contribution in [2.24, 2.45) is 16.6 Å². The average Bonchev–Trinajstić information content (AvgIpc) is 2.55. The highest BCUT2D eigenvalue weighted by atomic mass is 127. The maximum Gasteiger partial charge on any atom is 0.573 e. The van der Waals surface area contributed by atoms with Crippen LogP contribution in [0.1, 0.15) is 32.6 Å². The summed E-state index contributed by atoms with van der Waals surface area (Å²) in [6, 6.07) is 5.37. The highest BCUT2D eigenvalue weighted by Crippen LogP contribution is 2.23. The van der Waals surface area contributed by atoms with Gasteiger partial charge in [-0.1, -0.05) is 6.92 Å². The smallest absolute Gasteiger partial charge is 0.406 e. The molecule has 1 heterocycles. The number of anilines is 1. The number of halogens is 4. The standard InChI is InChI=1S/C18H27F3N4O.HI/c1-14-5-4-12-25(13-14)11-3-2-10-23-17(22)24-15-6-8-16(9-7-15)26-18(19,20)21;/h6-9,14H,2-5,10-13H2,1H3,(H3,22,23,24);1H. The molecular weight excluding hydrogens is 472 g/mol. The van der Waals surface area contributed by atoms with E-state index in [-0.39, 0.29) is 35.7 Å². The minimum absolute atomic E-state index is 0. The van der Waals surface area contributed by atoms with Gasteiger partial charge in [0, 0.05) is 18.8 Å². The van der Waals surface area contributed by atoms with Gasteiger partial charge in [0.1, 0.15) is 5.75 Å². The molecule has 0 amide bonds. The van der Waals surface area contributed by atoms with E-state index in [1.165, 1.54) is 50.2 Å². The second-order valence-electron chi connectivity index (χ2n) is 6.72. The van der Waals surface area contributed by atoms with Crippen molar-refractivity contribution in [2.45, 2.75) is 39.0 Å². The molecule has 1 aromatic rings. The number of likely N-dealkylation sites (tertiary alicyclic amines) is 1.